The van der Waals surface area contributed by atoms with Crippen molar-refractivity contribution >= 4 is 17.3 Å². The molecule has 0 saturated carbocycles. The largest absolute Gasteiger partial charge is 0.487 e. The molecule has 1 atom stereocenters. The molecular formula is C23H25NO4S. The van der Waals surface area contributed by atoms with Crippen LogP contribution in [0.5, 0.6) is 5.75 Å². The van der Waals surface area contributed by atoms with E-state index in [9.17, 15) is 9.90 Å². The smallest absolute Gasteiger partial charge is 0.333 e. The lowest BCUT2D eigenvalue weighted by Gasteiger charge is -2.15. The first-order valence-electron chi connectivity index (χ1n) is 9.56. The summed E-state index contributed by atoms with van der Waals surface area (Å²) in [7, 11) is 0. The third-order valence-corrected chi connectivity index (χ3v) is 5.71. The lowest BCUT2D eigenvalue weighted by atomic mass is 10.0. The van der Waals surface area contributed by atoms with Crippen LogP contribution in [-0.2, 0) is 22.6 Å². The zero-order valence-electron chi connectivity index (χ0n) is 16.8. The van der Waals surface area contributed by atoms with Crippen LogP contribution in [0.4, 0.5) is 0 Å². The number of hydrogen-bond acceptors (Lipinski definition) is 5. The van der Waals surface area contributed by atoms with Gasteiger partial charge in [0.05, 0.1) is 5.69 Å². The molecule has 2 aromatic carbocycles. The van der Waals surface area contributed by atoms with Gasteiger partial charge >= 0.3 is 5.97 Å². The summed E-state index contributed by atoms with van der Waals surface area (Å²) in [6.45, 7) is 6.56. The van der Waals surface area contributed by atoms with Gasteiger partial charge in [0, 0.05) is 23.5 Å². The molecule has 0 bridgehead atoms. The molecule has 0 aliphatic heterocycles. The van der Waals surface area contributed by atoms with Gasteiger partial charge in [-0.15, -0.1) is 11.3 Å². The van der Waals surface area contributed by atoms with Crippen molar-refractivity contribution < 1.29 is 19.4 Å². The molecule has 1 unspecified atom stereocenters. The van der Waals surface area contributed by atoms with Crippen LogP contribution in [-0.4, -0.2) is 28.8 Å². The first-order valence-corrected chi connectivity index (χ1v) is 10.4. The Bertz CT molecular complexity index is 968. The van der Waals surface area contributed by atoms with Gasteiger partial charge in [0.25, 0.3) is 0 Å². The molecule has 5 nitrogen and oxygen atoms in total. The number of hydrogen-bond donors (Lipinski definition) is 1. The molecule has 0 amide bonds. The van der Waals surface area contributed by atoms with Crippen LogP contribution in [0.25, 0.3) is 10.6 Å². The molecule has 0 aliphatic carbocycles. The topological polar surface area (TPSA) is 68.7 Å². The number of aryl methyl sites for hydroxylation is 2. The van der Waals surface area contributed by atoms with Gasteiger partial charge in [0.15, 0.2) is 6.10 Å². The van der Waals surface area contributed by atoms with E-state index < -0.39 is 12.1 Å². The van der Waals surface area contributed by atoms with Crippen molar-refractivity contribution in [1.82, 2.24) is 4.98 Å². The van der Waals surface area contributed by atoms with Crippen LogP contribution in [0.15, 0.2) is 48.5 Å². The van der Waals surface area contributed by atoms with Crippen LogP contribution in [0.1, 0.15) is 28.6 Å². The zero-order valence-corrected chi connectivity index (χ0v) is 17.7. The minimum Gasteiger partial charge on any atom is -0.487 e. The third kappa shape index (κ3) is 5.43. The van der Waals surface area contributed by atoms with E-state index in [1.54, 1.807) is 18.3 Å². The maximum Gasteiger partial charge on any atom is 0.333 e. The van der Waals surface area contributed by atoms with Crippen LogP contribution < -0.4 is 4.74 Å². The van der Waals surface area contributed by atoms with Gasteiger partial charge in [-0.25, -0.2) is 9.78 Å². The number of carboxylic acids is 1. The molecule has 3 aromatic rings. The van der Waals surface area contributed by atoms with Crippen LogP contribution in [0.2, 0.25) is 0 Å². The molecule has 0 aliphatic rings. The number of rotatable bonds is 9. The lowest BCUT2D eigenvalue weighted by Crippen LogP contribution is -2.26. The predicted molar refractivity (Wildman–Crippen MR) is 115 cm³/mol. The summed E-state index contributed by atoms with van der Waals surface area (Å²) in [4.78, 5) is 17.2. The van der Waals surface area contributed by atoms with Crippen molar-refractivity contribution in [2.24, 2.45) is 0 Å². The predicted octanol–water partition coefficient (Wildman–Crippen LogP) is 5.04. The van der Waals surface area contributed by atoms with E-state index in [1.165, 1.54) is 0 Å². The molecule has 3 rings (SSSR count). The Morgan fingerprint density at radius 3 is 2.59 bits per heavy atom. The van der Waals surface area contributed by atoms with E-state index >= 15 is 0 Å². The van der Waals surface area contributed by atoms with E-state index in [4.69, 9.17) is 14.5 Å². The van der Waals surface area contributed by atoms with Crippen molar-refractivity contribution in [1.29, 1.82) is 0 Å². The number of nitrogens with zero attached hydrogens (tertiary/aromatic N) is 1. The van der Waals surface area contributed by atoms with E-state index in [1.807, 2.05) is 43.3 Å². The van der Waals surface area contributed by atoms with E-state index in [0.717, 1.165) is 38.0 Å². The first kappa shape index (κ1) is 21.0. The minimum absolute atomic E-state index is 0.334. The van der Waals surface area contributed by atoms with E-state index in [2.05, 4.69) is 19.1 Å². The Morgan fingerprint density at radius 2 is 1.93 bits per heavy atom. The highest BCUT2D eigenvalue weighted by Crippen LogP contribution is 2.28. The van der Waals surface area contributed by atoms with E-state index in [-0.39, 0.29) is 0 Å². The molecule has 0 fully saturated rings. The maximum absolute atomic E-state index is 11.3. The average molecular weight is 412 g/mol. The van der Waals surface area contributed by atoms with Gasteiger partial charge in [-0.2, -0.15) is 0 Å². The highest BCUT2D eigenvalue weighted by Gasteiger charge is 2.19. The van der Waals surface area contributed by atoms with Crippen LogP contribution in [0.3, 0.4) is 0 Å². The Hall–Kier alpha value is -2.70. The molecule has 0 saturated heterocycles. The summed E-state index contributed by atoms with van der Waals surface area (Å²) in [5, 5.41) is 10.3. The summed E-state index contributed by atoms with van der Waals surface area (Å²) in [6, 6.07) is 15.8. The molecular weight excluding hydrogens is 386 g/mol. The van der Waals surface area contributed by atoms with Gasteiger partial charge < -0.3 is 14.6 Å². The van der Waals surface area contributed by atoms with Crippen molar-refractivity contribution in [3.05, 3.63) is 70.2 Å². The number of carbonyl (C=O) groups is 1. The van der Waals surface area contributed by atoms with Crippen molar-refractivity contribution in [2.75, 3.05) is 6.61 Å². The minimum atomic E-state index is -0.945. The molecule has 6 heteroatoms. The van der Waals surface area contributed by atoms with Crippen molar-refractivity contribution in [2.45, 2.75) is 39.9 Å². The molecule has 1 heterocycles. The zero-order chi connectivity index (χ0) is 20.8. The summed E-state index contributed by atoms with van der Waals surface area (Å²) < 4.78 is 11.3. The number of benzene rings is 2. The molecule has 0 spiro atoms. The fourth-order valence-electron chi connectivity index (χ4n) is 3.02. The number of thiazole rings is 1. The maximum atomic E-state index is 11.3. The number of carboxylic acid groups (broad SMARTS) is 1. The van der Waals surface area contributed by atoms with Crippen LogP contribution >= 0.6 is 11.3 Å². The second-order valence-corrected chi connectivity index (χ2v) is 7.95. The Morgan fingerprint density at radius 1 is 1.17 bits per heavy atom. The fraction of sp³-hybridized carbons (Fsp3) is 0.304. The number of ether oxygens (including phenoxy) is 2. The highest BCUT2D eigenvalue weighted by atomic mass is 32.1. The Labute approximate surface area is 175 Å². The summed E-state index contributed by atoms with van der Waals surface area (Å²) >= 11 is 1.66. The number of aromatic nitrogens is 1. The van der Waals surface area contributed by atoms with Gasteiger partial charge in [-0.1, -0.05) is 36.4 Å². The molecule has 0 radical (unpaired) electrons. The summed E-state index contributed by atoms with van der Waals surface area (Å²) in [5.41, 5.74) is 3.95. The van der Waals surface area contributed by atoms with Gasteiger partial charge in [0.1, 0.15) is 17.4 Å². The van der Waals surface area contributed by atoms with E-state index in [0.29, 0.717) is 19.6 Å². The molecule has 1 aromatic heterocycles. The SMILES string of the molecule is CCOC(Cc1ccc(OCc2nc(-c3ccccc3)sc2C)cc1C)C(=O)O. The summed E-state index contributed by atoms with van der Waals surface area (Å²) in [6.07, 6.45) is -0.500. The average Bonchev–Trinajstić information content (AvgIpc) is 3.09. The number of aliphatic carboxylic acids is 1. The first-order chi connectivity index (χ1) is 14.0. The molecule has 1 N–H and O–H groups in total. The second kappa shape index (κ2) is 9.67. The van der Waals surface area contributed by atoms with Gasteiger partial charge in [0.2, 0.25) is 0 Å². The fourth-order valence-corrected chi connectivity index (χ4v) is 3.95. The molecule has 29 heavy (non-hydrogen) atoms. The second-order valence-electron chi connectivity index (χ2n) is 6.75. The van der Waals surface area contributed by atoms with Crippen LogP contribution in [0, 0.1) is 13.8 Å². The van der Waals surface area contributed by atoms with Gasteiger partial charge in [-0.3, -0.25) is 0 Å². The monoisotopic (exact) mass is 411 g/mol. The highest BCUT2D eigenvalue weighted by molar-refractivity contribution is 7.15. The third-order valence-electron chi connectivity index (χ3n) is 4.65. The lowest BCUT2D eigenvalue weighted by molar-refractivity contribution is -0.149. The Kier molecular flexibility index (Phi) is 7.01. The Balaban J connectivity index is 1.67. The molecule has 152 valence electrons. The standard InChI is InChI=1S/C23H25NO4S/c1-4-27-21(23(25)26)13-18-10-11-19(12-15(18)2)28-14-20-16(3)29-22(24-20)17-8-6-5-7-9-17/h5-12,21H,4,13-14H2,1-3H3,(H,25,26). The van der Waals surface area contributed by atoms with Gasteiger partial charge in [-0.05, 0) is 44.0 Å². The summed E-state index contributed by atoms with van der Waals surface area (Å²) in [5.74, 6) is -0.206. The quantitative estimate of drug-likeness (QED) is 0.534. The normalized spacial score (nSPS) is 12.0. The van der Waals surface area contributed by atoms with Crippen molar-refractivity contribution in [3.63, 3.8) is 0 Å². The van der Waals surface area contributed by atoms with Crippen molar-refractivity contribution in [3.8, 4) is 16.3 Å².